The van der Waals surface area contributed by atoms with Gasteiger partial charge in [0.25, 0.3) is 0 Å². The van der Waals surface area contributed by atoms with E-state index in [2.05, 4.69) is 42.7 Å². The topological polar surface area (TPSA) is 119 Å². The highest BCUT2D eigenvalue weighted by atomic mass is 16.6. The largest absolute Gasteiger partial charge is 0.442 e. The molecule has 0 aliphatic carbocycles. The summed E-state index contributed by atoms with van der Waals surface area (Å²) in [5.74, 6) is 0.188. The zero-order valence-corrected chi connectivity index (χ0v) is 25.8. The molecular formula is C32H49N3O7. The maximum Gasteiger partial charge on any atom is 0.410 e. The third-order valence-corrected chi connectivity index (χ3v) is 8.58. The molecule has 4 aliphatic rings. The van der Waals surface area contributed by atoms with Crippen LogP contribution < -0.4 is 10.6 Å². The van der Waals surface area contributed by atoms with Gasteiger partial charge in [-0.05, 0) is 52.5 Å². The molecule has 42 heavy (non-hydrogen) atoms. The number of amides is 2. The summed E-state index contributed by atoms with van der Waals surface area (Å²) in [4.78, 5) is 38.1. The maximum atomic E-state index is 12.6. The first-order valence-electron chi connectivity index (χ1n) is 15.5. The van der Waals surface area contributed by atoms with Crippen LogP contribution in [0, 0.1) is 5.92 Å². The molecule has 10 nitrogen and oxygen atoms in total. The predicted molar refractivity (Wildman–Crippen MR) is 159 cm³/mol. The van der Waals surface area contributed by atoms with Crippen LogP contribution in [0.25, 0.3) is 0 Å². The molecule has 1 spiro atoms. The molecule has 4 saturated heterocycles. The molecule has 4 heterocycles. The number of nitrogens with zero attached hydrogens (tertiary/aromatic N) is 1. The van der Waals surface area contributed by atoms with Gasteiger partial charge in [-0.3, -0.25) is 9.59 Å². The van der Waals surface area contributed by atoms with Gasteiger partial charge in [-0.2, -0.15) is 0 Å². The van der Waals surface area contributed by atoms with Gasteiger partial charge in [-0.1, -0.05) is 30.7 Å². The molecule has 4 rings (SSSR count). The zero-order valence-electron chi connectivity index (χ0n) is 25.8. The highest BCUT2D eigenvalue weighted by Gasteiger charge is 2.51. The first kappa shape index (κ1) is 32.4. The maximum absolute atomic E-state index is 12.6. The second-order valence-corrected chi connectivity index (χ2v) is 12.5. The van der Waals surface area contributed by atoms with E-state index < -0.39 is 6.10 Å². The number of nitrogens with one attached hydrogen (secondary N) is 2. The van der Waals surface area contributed by atoms with Crippen molar-refractivity contribution in [3.05, 3.63) is 36.0 Å². The Kier molecular flexibility index (Phi) is 11.4. The molecular weight excluding hydrogens is 538 g/mol. The minimum Gasteiger partial charge on any atom is -0.442 e. The number of ketones is 1. The molecule has 0 saturated carbocycles. The summed E-state index contributed by atoms with van der Waals surface area (Å²) < 4.78 is 23.6. The fourth-order valence-electron chi connectivity index (χ4n) is 6.02. The lowest BCUT2D eigenvalue weighted by Crippen LogP contribution is -2.50. The zero-order chi connectivity index (χ0) is 30.3. The van der Waals surface area contributed by atoms with E-state index >= 15 is 0 Å². The van der Waals surface area contributed by atoms with Gasteiger partial charge >= 0.3 is 6.09 Å². The van der Waals surface area contributed by atoms with Gasteiger partial charge in [0.2, 0.25) is 5.91 Å². The molecule has 0 bridgehead atoms. The van der Waals surface area contributed by atoms with E-state index in [1.807, 2.05) is 6.92 Å². The van der Waals surface area contributed by atoms with Crippen LogP contribution in [0.3, 0.4) is 0 Å². The van der Waals surface area contributed by atoms with Crippen LogP contribution in [0.15, 0.2) is 36.0 Å². The van der Waals surface area contributed by atoms with Crippen LogP contribution in [0.2, 0.25) is 0 Å². The number of rotatable bonds is 10. The van der Waals surface area contributed by atoms with Crippen LogP contribution >= 0.6 is 0 Å². The average Bonchev–Trinajstić information content (AvgIpc) is 3.69. The summed E-state index contributed by atoms with van der Waals surface area (Å²) in [6.07, 6.45) is 12.0. The van der Waals surface area contributed by atoms with E-state index in [1.165, 1.54) is 6.08 Å². The molecule has 4 fully saturated rings. The van der Waals surface area contributed by atoms with Gasteiger partial charge in [0.1, 0.15) is 11.9 Å². The predicted octanol–water partition coefficient (Wildman–Crippen LogP) is 3.46. The van der Waals surface area contributed by atoms with E-state index in [0.29, 0.717) is 19.5 Å². The quantitative estimate of drug-likeness (QED) is 0.227. The van der Waals surface area contributed by atoms with Gasteiger partial charge in [0, 0.05) is 51.5 Å². The number of allylic oxidation sites excluding steroid dienone is 2. The minimum absolute atomic E-state index is 0.0560. The summed E-state index contributed by atoms with van der Waals surface area (Å²) in [6, 6.07) is -0.0968. The minimum atomic E-state index is -0.500. The van der Waals surface area contributed by atoms with Gasteiger partial charge in [-0.15, -0.1) is 0 Å². The molecule has 0 aromatic heterocycles. The van der Waals surface area contributed by atoms with E-state index in [1.54, 1.807) is 24.8 Å². The monoisotopic (exact) mass is 587 g/mol. The molecule has 2 N–H and O–H groups in total. The molecule has 4 aliphatic heterocycles. The van der Waals surface area contributed by atoms with Crippen molar-refractivity contribution >= 4 is 17.8 Å². The van der Waals surface area contributed by atoms with E-state index in [4.69, 9.17) is 18.9 Å². The smallest absolute Gasteiger partial charge is 0.410 e. The van der Waals surface area contributed by atoms with Crippen molar-refractivity contribution in [1.29, 1.82) is 0 Å². The lowest BCUT2D eigenvalue weighted by molar-refractivity contribution is -0.124. The van der Waals surface area contributed by atoms with E-state index in [0.717, 1.165) is 51.0 Å². The third-order valence-electron chi connectivity index (χ3n) is 8.58. The molecule has 0 aromatic rings. The molecule has 0 unspecified atom stereocenters. The SMILES string of the molecule is CC(=O)C[C@@H]1C[C@@]2(CO2)C[C@@H](/C=C/C(C)=C/C[C@@H]2O[C@H](C)[C@H](NC(=O)/C=C\[C@H](C)OC(=O)N3CCNCC3)C[C@@H]2C)O1. The number of hydrogen-bond acceptors (Lipinski definition) is 8. The number of piperazine rings is 1. The van der Waals surface area contributed by atoms with E-state index in [-0.39, 0.29) is 59.8 Å². The van der Waals surface area contributed by atoms with E-state index in [9.17, 15) is 14.4 Å². The first-order valence-corrected chi connectivity index (χ1v) is 15.5. The number of Topliss-reactive ketones (excluding diaryl/α,β-unsaturated/α-hetero) is 1. The number of carbonyl (C=O) groups is 3. The highest BCUT2D eigenvalue weighted by molar-refractivity contribution is 5.87. The van der Waals surface area contributed by atoms with Crippen LogP contribution in [0.5, 0.6) is 0 Å². The van der Waals surface area contributed by atoms with Crippen LogP contribution in [-0.4, -0.2) is 97.6 Å². The molecule has 2 amide bonds. The number of hydrogen-bond donors (Lipinski definition) is 2. The highest BCUT2D eigenvalue weighted by Crippen LogP contribution is 2.43. The Labute approximate surface area is 250 Å². The number of ether oxygens (including phenoxy) is 4. The fourth-order valence-corrected chi connectivity index (χ4v) is 6.02. The van der Waals surface area contributed by atoms with Crippen molar-refractivity contribution in [2.75, 3.05) is 32.8 Å². The summed E-state index contributed by atoms with van der Waals surface area (Å²) >= 11 is 0. The normalized spacial score (nSPS) is 34.5. The second kappa shape index (κ2) is 14.8. The van der Waals surface area contributed by atoms with Crippen molar-refractivity contribution in [3.8, 4) is 0 Å². The lowest BCUT2D eigenvalue weighted by Gasteiger charge is -2.39. The Morgan fingerprint density at radius 2 is 1.86 bits per heavy atom. The van der Waals surface area contributed by atoms with Crippen molar-refractivity contribution in [3.63, 3.8) is 0 Å². The number of carbonyl (C=O) groups excluding carboxylic acids is 3. The van der Waals surface area contributed by atoms with Crippen LogP contribution in [0.4, 0.5) is 4.79 Å². The van der Waals surface area contributed by atoms with Crippen LogP contribution in [-0.2, 0) is 28.5 Å². The Morgan fingerprint density at radius 3 is 2.55 bits per heavy atom. The Balaban J connectivity index is 1.19. The Hall–Kier alpha value is -2.53. The second-order valence-electron chi connectivity index (χ2n) is 12.5. The third kappa shape index (κ3) is 9.76. The van der Waals surface area contributed by atoms with Crippen molar-refractivity contribution in [2.45, 2.75) is 109 Å². The molecule has 0 radical (unpaired) electrons. The lowest BCUT2D eigenvalue weighted by atomic mass is 9.88. The Morgan fingerprint density at radius 1 is 1.12 bits per heavy atom. The molecule has 10 heteroatoms. The molecule has 0 aromatic carbocycles. The standard InChI is InChI=1S/C32H49N3O7/c1-21(6-9-26-18-32(20-39-32)19-27(42-26)17-23(3)36)7-10-29-22(2)16-28(25(5)41-29)34-30(37)11-8-24(4)40-31(38)35-14-12-33-13-15-35/h6-9,11,22,24-29,33H,10,12-20H2,1-5H3,(H,34,37)/b9-6+,11-8-,21-7+/t22-,24-,25+,26+,27+,28+,29-,32+/m0/s1. The summed E-state index contributed by atoms with van der Waals surface area (Å²) in [5, 5.41) is 6.26. The van der Waals surface area contributed by atoms with Crippen LogP contribution in [0.1, 0.15) is 66.7 Å². The summed E-state index contributed by atoms with van der Waals surface area (Å²) in [6.45, 7) is 13.1. The summed E-state index contributed by atoms with van der Waals surface area (Å²) in [5.41, 5.74) is 1.03. The van der Waals surface area contributed by atoms with Crippen molar-refractivity contribution in [2.24, 2.45) is 5.92 Å². The molecule has 8 atom stereocenters. The average molecular weight is 588 g/mol. The van der Waals surface area contributed by atoms with Gasteiger partial charge < -0.3 is 34.5 Å². The van der Waals surface area contributed by atoms with Gasteiger partial charge in [0.05, 0.1) is 42.7 Å². The summed E-state index contributed by atoms with van der Waals surface area (Å²) in [7, 11) is 0. The molecule has 234 valence electrons. The Bertz CT molecular complexity index is 1050. The van der Waals surface area contributed by atoms with Gasteiger partial charge in [0.15, 0.2) is 0 Å². The van der Waals surface area contributed by atoms with Gasteiger partial charge in [-0.25, -0.2) is 4.79 Å². The fraction of sp³-hybridized carbons (Fsp3) is 0.719. The first-order chi connectivity index (χ1) is 20.0. The van der Waals surface area contributed by atoms with Crippen molar-refractivity contribution < 1.29 is 33.3 Å². The van der Waals surface area contributed by atoms with Crippen molar-refractivity contribution in [1.82, 2.24) is 15.5 Å². The number of epoxide rings is 1.